The molecule has 12 heteroatoms. The largest absolute Gasteiger partial charge is 0.573 e. The second-order valence-corrected chi connectivity index (χ2v) is 7.22. The Labute approximate surface area is 185 Å². The van der Waals surface area contributed by atoms with Crippen molar-refractivity contribution in [3.8, 4) is 22.8 Å². The van der Waals surface area contributed by atoms with Gasteiger partial charge in [0.25, 0.3) is 5.69 Å². The average molecular weight is 461 g/mol. The Morgan fingerprint density at radius 3 is 2.55 bits per heavy atom. The number of nitro groups is 1. The topological polar surface area (TPSA) is 111 Å². The zero-order chi connectivity index (χ0) is 23.6. The maximum Gasteiger partial charge on any atom is 0.573 e. The van der Waals surface area contributed by atoms with E-state index in [0.29, 0.717) is 17.0 Å². The first-order valence-corrected chi connectivity index (χ1v) is 9.81. The molecule has 3 aromatic rings. The molecule has 0 amide bonds. The molecule has 0 saturated heterocycles. The van der Waals surface area contributed by atoms with E-state index in [4.69, 9.17) is 4.74 Å². The number of benzene rings is 2. The lowest BCUT2D eigenvalue weighted by Crippen LogP contribution is -2.17. The minimum absolute atomic E-state index is 0.164. The molecule has 0 unspecified atom stereocenters. The monoisotopic (exact) mass is 461 g/mol. The number of halogens is 3. The zero-order valence-electron chi connectivity index (χ0n) is 17.2. The van der Waals surface area contributed by atoms with E-state index in [0.717, 1.165) is 12.8 Å². The van der Waals surface area contributed by atoms with Gasteiger partial charge in [-0.25, -0.2) is 4.98 Å². The molecule has 2 N–H and O–H groups in total. The van der Waals surface area contributed by atoms with Crippen molar-refractivity contribution in [2.45, 2.75) is 25.2 Å². The minimum atomic E-state index is -4.83. The quantitative estimate of drug-likeness (QED) is 0.344. The van der Waals surface area contributed by atoms with Crippen LogP contribution in [0.2, 0.25) is 0 Å². The normalized spacial score (nSPS) is 13.3. The number of rotatable bonds is 8. The smallest absolute Gasteiger partial charge is 0.496 e. The zero-order valence-corrected chi connectivity index (χ0v) is 17.2. The average Bonchev–Trinajstić information content (AvgIpc) is 3.56. The van der Waals surface area contributed by atoms with Crippen LogP contribution in [-0.4, -0.2) is 34.4 Å². The first kappa shape index (κ1) is 22.1. The van der Waals surface area contributed by atoms with Crippen molar-refractivity contribution in [1.29, 1.82) is 0 Å². The molecule has 0 radical (unpaired) electrons. The van der Waals surface area contributed by atoms with Gasteiger partial charge in [-0.15, -0.1) is 13.2 Å². The SMILES string of the molecule is COc1ccc(Nc2cc(-c3cccc(OC(F)(F)F)c3)nc(NC3CC3)n2)c([N+](=O)[O-])c1. The van der Waals surface area contributed by atoms with Crippen molar-refractivity contribution in [3.05, 3.63) is 58.6 Å². The number of anilines is 3. The van der Waals surface area contributed by atoms with Gasteiger partial charge in [0.15, 0.2) is 0 Å². The third-order valence-corrected chi connectivity index (χ3v) is 4.66. The summed E-state index contributed by atoms with van der Waals surface area (Å²) in [6.45, 7) is 0. The number of aromatic nitrogens is 2. The molecule has 1 aliphatic rings. The lowest BCUT2D eigenvalue weighted by Gasteiger charge is -2.13. The van der Waals surface area contributed by atoms with E-state index in [1.807, 2.05) is 0 Å². The summed E-state index contributed by atoms with van der Waals surface area (Å²) in [5, 5.41) is 17.5. The van der Waals surface area contributed by atoms with Crippen LogP contribution in [0.3, 0.4) is 0 Å². The van der Waals surface area contributed by atoms with E-state index in [2.05, 4.69) is 25.3 Å². The van der Waals surface area contributed by atoms with Crippen molar-refractivity contribution in [2.75, 3.05) is 17.7 Å². The number of methoxy groups -OCH3 is 1. The molecule has 1 aromatic heterocycles. The first-order valence-electron chi connectivity index (χ1n) is 9.81. The number of hydrogen-bond acceptors (Lipinski definition) is 8. The molecule has 0 aliphatic heterocycles. The summed E-state index contributed by atoms with van der Waals surface area (Å²) in [5.41, 5.74) is 0.591. The van der Waals surface area contributed by atoms with E-state index in [1.54, 1.807) is 12.1 Å². The summed E-state index contributed by atoms with van der Waals surface area (Å²) >= 11 is 0. The fraction of sp³-hybridized carbons (Fsp3) is 0.238. The molecule has 172 valence electrons. The molecule has 1 aliphatic carbocycles. The predicted molar refractivity (Wildman–Crippen MR) is 114 cm³/mol. The van der Waals surface area contributed by atoms with Crippen molar-refractivity contribution in [3.63, 3.8) is 0 Å². The third kappa shape index (κ3) is 5.79. The van der Waals surface area contributed by atoms with Crippen molar-refractivity contribution < 1.29 is 27.6 Å². The first-order chi connectivity index (χ1) is 15.7. The van der Waals surface area contributed by atoms with Crippen LogP contribution in [0.4, 0.5) is 36.3 Å². The Bertz CT molecular complexity index is 1180. The van der Waals surface area contributed by atoms with E-state index >= 15 is 0 Å². The van der Waals surface area contributed by atoms with Gasteiger partial charge in [0, 0.05) is 17.7 Å². The van der Waals surface area contributed by atoms with Crippen LogP contribution >= 0.6 is 0 Å². The van der Waals surface area contributed by atoms with Gasteiger partial charge in [-0.05, 0) is 37.1 Å². The molecule has 1 fully saturated rings. The van der Waals surface area contributed by atoms with Gasteiger partial charge < -0.3 is 20.1 Å². The maximum absolute atomic E-state index is 12.6. The Morgan fingerprint density at radius 1 is 1.09 bits per heavy atom. The molecular formula is C21H18F3N5O4. The predicted octanol–water partition coefficient (Wildman–Crippen LogP) is 5.28. The van der Waals surface area contributed by atoms with Crippen LogP contribution in [0.25, 0.3) is 11.3 Å². The van der Waals surface area contributed by atoms with Gasteiger partial charge in [0.05, 0.1) is 23.8 Å². The Hall–Kier alpha value is -4.09. The minimum Gasteiger partial charge on any atom is -0.496 e. The maximum atomic E-state index is 12.6. The highest BCUT2D eigenvalue weighted by molar-refractivity contribution is 5.73. The van der Waals surface area contributed by atoms with E-state index < -0.39 is 17.0 Å². The van der Waals surface area contributed by atoms with Gasteiger partial charge in [0.1, 0.15) is 23.0 Å². The highest BCUT2D eigenvalue weighted by Crippen LogP contribution is 2.34. The van der Waals surface area contributed by atoms with Crippen LogP contribution < -0.4 is 20.1 Å². The van der Waals surface area contributed by atoms with Crippen LogP contribution in [-0.2, 0) is 0 Å². The molecule has 0 atom stereocenters. The van der Waals surface area contributed by atoms with Gasteiger partial charge in [-0.3, -0.25) is 10.1 Å². The summed E-state index contributed by atoms with van der Waals surface area (Å²) in [6, 6.07) is 11.4. The molecule has 1 saturated carbocycles. The highest BCUT2D eigenvalue weighted by atomic mass is 19.4. The van der Waals surface area contributed by atoms with Gasteiger partial charge in [0.2, 0.25) is 5.95 Å². The summed E-state index contributed by atoms with van der Waals surface area (Å²) < 4.78 is 46.9. The molecule has 1 heterocycles. The van der Waals surface area contributed by atoms with Crippen LogP contribution in [0, 0.1) is 10.1 Å². The molecular weight excluding hydrogens is 443 g/mol. The van der Waals surface area contributed by atoms with Crippen molar-refractivity contribution >= 4 is 23.1 Å². The Morgan fingerprint density at radius 2 is 1.88 bits per heavy atom. The lowest BCUT2D eigenvalue weighted by atomic mass is 10.1. The van der Waals surface area contributed by atoms with Crippen LogP contribution in [0.5, 0.6) is 11.5 Å². The Kier molecular flexibility index (Phi) is 5.90. The molecule has 33 heavy (non-hydrogen) atoms. The molecule has 0 spiro atoms. The second kappa shape index (κ2) is 8.81. The van der Waals surface area contributed by atoms with E-state index in [1.165, 1.54) is 43.5 Å². The van der Waals surface area contributed by atoms with E-state index in [-0.39, 0.29) is 29.2 Å². The Balaban J connectivity index is 1.71. The summed E-state index contributed by atoms with van der Waals surface area (Å²) in [7, 11) is 1.40. The summed E-state index contributed by atoms with van der Waals surface area (Å²) in [5.74, 6) is 0.387. The van der Waals surface area contributed by atoms with Crippen molar-refractivity contribution in [1.82, 2.24) is 9.97 Å². The van der Waals surface area contributed by atoms with Gasteiger partial charge in [-0.2, -0.15) is 4.98 Å². The third-order valence-electron chi connectivity index (χ3n) is 4.66. The molecule has 0 bridgehead atoms. The fourth-order valence-electron chi connectivity index (χ4n) is 3.02. The number of nitrogens with zero attached hydrogens (tertiary/aromatic N) is 3. The number of ether oxygens (including phenoxy) is 2. The summed E-state index contributed by atoms with van der Waals surface area (Å²) in [4.78, 5) is 19.7. The number of hydrogen-bond donors (Lipinski definition) is 2. The second-order valence-electron chi connectivity index (χ2n) is 7.22. The lowest BCUT2D eigenvalue weighted by molar-refractivity contribution is -0.384. The number of nitrogens with one attached hydrogen (secondary N) is 2. The molecule has 9 nitrogen and oxygen atoms in total. The number of nitro benzene ring substituents is 1. The number of alkyl halides is 3. The standard InChI is InChI=1S/C21H18F3N5O4/c1-32-14-7-8-16(18(10-14)29(30)31)26-19-11-17(27-20(28-19)25-13-5-6-13)12-3-2-4-15(9-12)33-21(22,23)24/h2-4,7-11,13H,5-6H2,1H3,(H2,25,26,27,28). The van der Waals surface area contributed by atoms with E-state index in [9.17, 15) is 23.3 Å². The summed E-state index contributed by atoms with van der Waals surface area (Å²) in [6.07, 6.45) is -2.95. The van der Waals surface area contributed by atoms with Crippen LogP contribution in [0.15, 0.2) is 48.5 Å². The molecule has 4 rings (SSSR count). The van der Waals surface area contributed by atoms with Gasteiger partial charge in [-0.1, -0.05) is 12.1 Å². The van der Waals surface area contributed by atoms with Crippen LogP contribution in [0.1, 0.15) is 12.8 Å². The fourth-order valence-corrected chi connectivity index (χ4v) is 3.02. The molecule has 2 aromatic carbocycles. The van der Waals surface area contributed by atoms with Crippen molar-refractivity contribution in [2.24, 2.45) is 0 Å². The highest BCUT2D eigenvalue weighted by Gasteiger charge is 2.31. The van der Waals surface area contributed by atoms with Gasteiger partial charge >= 0.3 is 6.36 Å².